The Bertz CT molecular complexity index is 1000. The molecule has 1 aliphatic heterocycles. The lowest BCUT2D eigenvalue weighted by Crippen LogP contribution is -2.46. The lowest BCUT2D eigenvalue weighted by Gasteiger charge is -2.27. The monoisotopic (exact) mass is 378 g/mol. The molecule has 2 aromatic heterocycles. The zero-order valence-electron chi connectivity index (χ0n) is 16.5. The molecule has 0 radical (unpaired) electrons. The van der Waals surface area contributed by atoms with Crippen molar-refractivity contribution in [2.24, 2.45) is 0 Å². The van der Waals surface area contributed by atoms with Crippen molar-refractivity contribution in [2.75, 3.05) is 31.5 Å². The molecule has 0 saturated carbocycles. The Kier molecular flexibility index (Phi) is 5.00. The van der Waals surface area contributed by atoms with Crippen molar-refractivity contribution in [2.45, 2.75) is 26.7 Å². The van der Waals surface area contributed by atoms with Crippen LogP contribution in [0.3, 0.4) is 0 Å². The predicted molar refractivity (Wildman–Crippen MR) is 111 cm³/mol. The van der Waals surface area contributed by atoms with Crippen molar-refractivity contribution in [1.29, 1.82) is 0 Å². The number of hydrogen-bond acceptors (Lipinski definition) is 5. The van der Waals surface area contributed by atoms with E-state index in [9.17, 15) is 4.79 Å². The Labute approximate surface area is 164 Å². The first-order valence-corrected chi connectivity index (χ1v) is 9.75. The number of aromatic amines is 1. The molecule has 1 fully saturated rings. The number of pyridine rings is 1. The maximum absolute atomic E-state index is 12.9. The molecule has 1 aromatic carbocycles. The summed E-state index contributed by atoms with van der Waals surface area (Å²) in [5, 5.41) is 15.8. The van der Waals surface area contributed by atoms with Gasteiger partial charge in [-0.15, -0.1) is 0 Å². The lowest BCUT2D eigenvalue weighted by atomic mass is 9.99. The molecule has 0 bridgehead atoms. The number of benzene rings is 1. The average Bonchev–Trinajstić information content (AvgIpc) is 3.11. The Hall–Kier alpha value is -2.93. The van der Waals surface area contributed by atoms with E-state index in [4.69, 9.17) is 4.98 Å². The maximum atomic E-state index is 12.9. The molecular formula is C21H26N6O. The standard InChI is InChI=1S/C21H26N6O/c1-13(2)20-17-5-4-15(21(28)27-8-6-22-7-9-27)11-16(17)12-18(24-20)23-19-10-14(3)25-26-19/h4-5,10-13,22H,6-9H2,1-3H3,(H2,23,24,25,26). The van der Waals surface area contributed by atoms with Crippen LogP contribution in [0.2, 0.25) is 0 Å². The summed E-state index contributed by atoms with van der Waals surface area (Å²) in [5.41, 5.74) is 2.71. The minimum Gasteiger partial charge on any atom is -0.336 e. The van der Waals surface area contributed by atoms with Crippen molar-refractivity contribution in [1.82, 2.24) is 25.4 Å². The second-order valence-electron chi connectivity index (χ2n) is 7.59. The SMILES string of the molecule is Cc1cc(Nc2cc3cc(C(=O)N4CCNCC4)ccc3c(C(C)C)n2)n[nH]1. The van der Waals surface area contributed by atoms with Crippen molar-refractivity contribution in [3.63, 3.8) is 0 Å². The molecule has 146 valence electrons. The van der Waals surface area contributed by atoms with Gasteiger partial charge in [0, 0.05) is 48.9 Å². The number of nitrogens with zero attached hydrogens (tertiary/aromatic N) is 3. The number of anilines is 2. The number of nitrogens with one attached hydrogen (secondary N) is 3. The summed E-state index contributed by atoms with van der Waals surface area (Å²) < 4.78 is 0. The minimum absolute atomic E-state index is 0.0868. The Morgan fingerprint density at radius 1 is 1.14 bits per heavy atom. The van der Waals surface area contributed by atoms with E-state index in [0.29, 0.717) is 0 Å². The van der Waals surface area contributed by atoms with Crippen LogP contribution in [0.4, 0.5) is 11.6 Å². The van der Waals surface area contributed by atoms with E-state index in [2.05, 4.69) is 34.7 Å². The van der Waals surface area contributed by atoms with Gasteiger partial charge in [0.25, 0.3) is 5.91 Å². The molecule has 3 N–H and O–H groups in total. The summed E-state index contributed by atoms with van der Waals surface area (Å²) in [5.74, 6) is 1.81. The third-order valence-electron chi connectivity index (χ3n) is 5.02. The summed E-state index contributed by atoms with van der Waals surface area (Å²) >= 11 is 0. The van der Waals surface area contributed by atoms with Crippen LogP contribution >= 0.6 is 0 Å². The summed E-state index contributed by atoms with van der Waals surface area (Å²) in [7, 11) is 0. The molecule has 0 spiro atoms. The van der Waals surface area contributed by atoms with Crippen molar-refractivity contribution < 1.29 is 4.79 Å². The number of carbonyl (C=O) groups excluding carboxylic acids is 1. The quantitative estimate of drug-likeness (QED) is 0.649. The topological polar surface area (TPSA) is 85.9 Å². The van der Waals surface area contributed by atoms with Crippen LogP contribution in [0.15, 0.2) is 30.3 Å². The van der Waals surface area contributed by atoms with Gasteiger partial charge in [-0.2, -0.15) is 5.10 Å². The third kappa shape index (κ3) is 3.71. The summed E-state index contributed by atoms with van der Waals surface area (Å²) in [6, 6.07) is 9.85. The highest BCUT2D eigenvalue weighted by molar-refractivity contribution is 5.99. The average molecular weight is 378 g/mol. The summed E-state index contributed by atoms with van der Waals surface area (Å²) in [6.07, 6.45) is 0. The van der Waals surface area contributed by atoms with Crippen LogP contribution in [0.1, 0.15) is 41.5 Å². The number of rotatable bonds is 4. The molecule has 28 heavy (non-hydrogen) atoms. The number of aryl methyl sites for hydroxylation is 1. The molecular weight excluding hydrogens is 352 g/mol. The maximum Gasteiger partial charge on any atom is 0.253 e. The van der Waals surface area contributed by atoms with E-state index >= 15 is 0 Å². The number of aromatic nitrogens is 3. The fraction of sp³-hybridized carbons (Fsp3) is 0.381. The molecule has 4 rings (SSSR count). The van der Waals surface area contributed by atoms with E-state index < -0.39 is 0 Å². The van der Waals surface area contributed by atoms with Crippen LogP contribution in [0, 0.1) is 6.92 Å². The first-order chi connectivity index (χ1) is 13.5. The highest BCUT2D eigenvalue weighted by Crippen LogP contribution is 2.28. The molecule has 1 amide bonds. The summed E-state index contributed by atoms with van der Waals surface area (Å²) in [4.78, 5) is 19.6. The normalized spacial score (nSPS) is 14.6. The van der Waals surface area contributed by atoms with Gasteiger partial charge in [-0.3, -0.25) is 9.89 Å². The smallest absolute Gasteiger partial charge is 0.253 e. The van der Waals surface area contributed by atoms with E-state index in [0.717, 1.165) is 65.5 Å². The van der Waals surface area contributed by atoms with Gasteiger partial charge in [0.05, 0.1) is 5.69 Å². The second kappa shape index (κ2) is 7.59. The molecule has 0 unspecified atom stereocenters. The molecule has 7 nitrogen and oxygen atoms in total. The van der Waals surface area contributed by atoms with Gasteiger partial charge < -0.3 is 15.5 Å². The zero-order valence-corrected chi connectivity index (χ0v) is 16.5. The number of hydrogen-bond donors (Lipinski definition) is 3. The van der Waals surface area contributed by atoms with E-state index in [-0.39, 0.29) is 11.8 Å². The molecule has 3 aromatic rings. The fourth-order valence-electron chi connectivity index (χ4n) is 3.59. The van der Waals surface area contributed by atoms with Gasteiger partial charge in [-0.1, -0.05) is 19.9 Å². The largest absolute Gasteiger partial charge is 0.336 e. The van der Waals surface area contributed by atoms with Gasteiger partial charge in [-0.25, -0.2) is 4.98 Å². The Morgan fingerprint density at radius 2 is 1.93 bits per heavy atom. The van der Waals surface area contributed by atoms with Gasteiger partial charge >= 0.3 is 0 Å². The van der Waals surface area contributed by atoms with Gasteiger partial charge in [0.15, 0.2) is 5.82 Å². The summed E-state index contributed by atoms with van der Waals surface area (Å²) in [6.45, 7) is 9.40. The van der Waals surface area contributed by atoms with Gasteiger partial charge in [0.1, 0.15) is 5.82 Å². The van der Waals surface area contributed by atoms with Crippen LogP contribution in [0.25, 0.3) is 10.8 Å². The zero-order chi connectivity index (χ0) is 19.7. The molecule has 7 heteroatoms. The molecule has 0 aliphatic carbocycles. The highest BCUT2D eigenvalue weighted by Gasteiger charge is 2.19. The molecule has 1 saturated heterocycles. The molecule has 3 heterocycles. The van der Waals surface area contributed by atoms with E-state index in [1.807, 2.05) is 42.2 Å². The van der Waals surface area contributed by atoms with E-state index in [1.54, 1.807) is 0 Å². The molecule has 0 atom stereocenters. The van der Waals surface area contributed by atoms with Gasteiger partial charge in [0.2, 0.25) is 0 Å². The van der Waals surface area contributed by atoms with Crippen LogP contribution in [-0.4, -0.2) is 52.2 Å². The number of fused-ring (bicyclic) bond motifs is 1. The number of carbonyl (C=O) groups is 1. The van der Waals surface area contributed by atoms with Gasteiger partial charge in [-0.05, 0) is 36.4 Å². The minimum atomic E-state index is 0.0868. The van der Waals surface area contributed by atoms with E-state index in [1.165, 1.54) is 0 Å². The first-order valence-electron chi connectivity index (χ1n) is 9.75. The highest BCUT2D eigenvalue weighted by atomic mass is 16.2. The van der Waals surface area contributed by atoms with Crippen LogP contribution in [-0.2, 0) is 0 Å². The number of H-pyrrole nitrogens is 1. The third-order valence-corrected chi connectivity index (χ3v) is 5.02. The van der Waals surface area contributed by atoms with Crippen LogP contribution < -0.4 is 10.6 Å². The number of piperazine rings is 1. The lowest BCUT2D eigenvalue weighted by molar-refractivity contribution is 0.0736. The van der Waals surface area contributed by atoms with Crippen molar-refractivity contribution in [3.8, 4) is 0 Å². The second-order valence-corrected chi connectivity index (χ2v) is 7.59. The number of amides is 1. The Morgan fingerprint density at radius 3 is 2.61 bits per heavy atom. The Balaban J connectivity index is 1.72. The van der Waals surface area contributed by atoms with Crippen molar-refractivity contribution in [3.05, 3.63) is 47.3 Å². The fourth-order valence-corrected chi connectivity index (χ4v) is 3.59. The predicted octanol–water partition coefficient (Wildman–Crippen LogP) is 3.18. The van der Waals surface area contributed by atoms with Crippen LogP contribution in [0.5, 0.6) is 0 Å². The molecule has 1 aliphatic rings. The van der Waals surface area contributed by atoms with Crippen molar-refractivity contribution >= 4 is 28.3 Å². The first kappa shape index (κ1) is 18.4.